The molecule has 0 atom stereocenters. The van der Waals surface area contributed by atoms with Gasteiger partial charge in [-0.25, -0.2) is 4.79 Å². The van der Waals surface area contributed by atoms with Gasteiger partial charge in [0, 0.05) is 6.42 Å². The van der Waals surface area contributed by atoms with E-state index in [1.807, 2.05) is 12.1 Å². The van der Waals surface area contributed by atoms with Crippen LogP contribution in [0.3, 0.4) is 0 Å². The van der Waals surface area contributed by atoms with Gasteiger partial charge in [-0.3, -0.25) is 0 Å². The third-order valence-corrected chi connectivity index (χ3v) is 4.16. The fourth-order valence-electron chi connectivity index (χ4n) is 2.58. The van der Waals surface area contributed by atoms with E-state index >= 15 is 0 Å². The standard InChI is InChI=1S/C18H13ClN2O4/c19-14-4-2-1-3-13(14)17-20-16(21-25-17)10-24-18(22)12-5-6-15-11(9-12)7-8-23-15/h1-6,9H,7-8,10H2. The highest BCUT2D eigenvalue weighted by Gasteiger charge is 2.17. The van der Waals surface area contributed by atoms with Gasteiger partial charge in [-0.05, 0) is 35.9 Å². The fourth-order valence-corrected chi connectivity index (χ4v) is 2.80. The summed E-state index contributed by atoms with van der Waals surface area (Å²) in [5.74, 6) is 0.928. The molecule has 6 nitrogen and oxygen atoms in total. The summed E-state index contributed by atoms with van der Waals surface area (Å²) in [7, 11) is 0. The molecule has 25 heavy (non-hydrogen) atoms. The van der Waals surface area contributed by atoms with E-state index in [2.05, 4.69) is 10.1 Å². The highest BCUT2D eigenvalue weighted by atomic mass is 35.5. The maximum Gasteiger partial charge on any atom is 0.338 e. The van der Waals surface area contributed by atoms with Crippen molar-refractivity contribution in [2.75, 3.05) is 6.61 Å². The Hall–Kier alpha value is -2.86. The molecule has 0 N–H and O–H groups in total. The first kappa shape index (κ1) is 15.7. The number of halogens is 1. The lowest BCUT2D eigenvalue weighted by molar-refractivity contribution is 0.0459. The second-order valence-electron chi connectivity index (χ2n) is 5.49. The van der Waals surface area contributed by atoms with Gasteiger partial charge in [0.25, 0.3) is 5.89 Å². The zero-order valence-electron chi connectivity index (χ0n) is 13.1. The number of carbonyl (C=O) groups excluding carboxylic acids is 1. The SMILES string of the molecule is O=C(OCc1noc(-c2ccccc2Cl)n1)c1ccc2c(c1)CCO2. The van der Waals surface area contributed by atoms with Gasteiger partial charge in [0.15, 0.2) is 6.61 Å². The van der Waals surface area contributed by atoms with E-state index in [4.69, 9.17) is 25.6 Å². The summed E-state index contributed by atoms with van der Waals surface area (Å²) >= 11 is 6.10. The van der Waals surface area contributed by atoms with Gasteiger partial charge in [0.2, 0.25) is 5.82 Å². The third kappa shape index (κ3) is 3.21. The lowest BCUT2D eigenvalue weighted by Crippen LogP contribution is -2.06. The number of carbonyl (C=O) groups is 1. The molecule has 126 valence electrons. The van der Waals surface area contributed by atoms with Crippen molar-refractivity contribution in [1.82, 2.24) is 10.1 Å². The largest absolute Gasteiger partial charge is 0.493 e. The van der Waals surface area contributed by atoms with E-state index in [0.29, 0.717) is 22.8 Å². The zero-order chi connectivity index (χ0) is 17.2. The zero-order valence-corrected chi connectivity index (χ0v) is 13.8. The van der Waals surface area contributed by atoms with Gasteiger partial charge < -0.3 is 14.0 Å². The van der Waals surface area contributed by atoms with Crippen molar-refractivity contribution >= 4 is 17.6 Å². The van der Waals surface area contributed by atoms with Crippen LogP contribution >= 0.6 is 11.6 Å². The van der Waals surface area contributed by atoms with Gasteiger partial charge in [0.1, 0.15) is 5.75 Å². The van der Waals surface area contributed by atoms with Crippen molar-refractivity contribution in [3.63, 3.8) is 0 Å². The second kappa shape index (κ2) is 6.57. The van der Waals surface area contributed by atoms with Crippen LogP contribution in [0.2, 0.25) is 5.02 Å². The Bertz CT molecular complexity index is 938. The normalized spacial score (nSPS) is 12.5. The van der Waals surface area contributed by atoms with E-state index in [9.17, 15) is 4.79 Å². The molecule has 0 aliphatic carbocycles. The average molecular weight is 357 g/mol. The van der Waals surface area contributed by atoms with Crippen LogP contribution in [0.1, 0.15) is 21.7 Å². The van der Waals surface area contributed by atoms with E-state index < -0.39 is 5.97 Å². The van der Waals surface area contributed by atoms with Gasteiger partial charge >= 0.3 is 5.97 Å². The van der Waals surface area contributed by atoms with Crippen LogP contribution in [0.15, 0.2) is 47.0 Å². The predicted molar refractivity (Wildman–Crippen MR) is 89.5 cm³/mol. The molecule has 7 heteroatoms. The average Bonchev–Trinajstić information content (AvgIpc) is 3.28. The van der Waals surface area contributed by atoms with E-state index in [-0.39, 0.29) is 18.3 Å². The van der Waals surface area contributed by atoms with Gasteiger partial charge in [-0.1, -0.05) is 28.9 Å². The summed E-state index contributed by atoms with van der Waals surface area (Å²) in [5, 5.41) is 4.32. The Morgan fingerprint density at radius 3 is 3.00 bits per heavy atom. The summed E-state index contributed by atoms with van der Waals surface area (Å²) in [6, 6.07) is 12.4. The van der Waals surface area contributed by atoms with Crippen molar-refractivity contribution in [2.24, 2.45) is 0 Å². The number of nitrogens with zero attached hydrogens (tertiary/aromatic N) is 2. The minimum Gasteiger partial charge on any atom is -0.493 e. The van der Waals surface area contributed by atoms with Gasteiger partial charge in [-0.15, -0.1) is 0 Å². The Balaban J connectivity index is 1.43. The van der Waals surface area contributed by atoms with Crippen molar-refractivity contribution in [3.8, 4) is 17.2 Å². The number of rotatable bonds is 4. The lowest BCUT2D eigenvalue weighted by Gasteiger charge is -2.04. The third-order valence-electron chi connectivity index (χ3n) is 3.83. The number of hydrogen-bond donors (Lipinski definition) is 0. The molecular formula is C18H13ClN2O4. The Morgan fingerprint density at radius 1 is 1.24 bits per heavy atom. The second-order valence-corrected chi connectivity index (χ2v) is 5.90. The highest BCUT2D eigenvalue weighted by Crippen LogP contribution is 2.27. The Morgan fingerprint density at radius 2 is 2.12 bits per heavy atom. The monoisotopic (exact) mass is 356 g/mol. The molecule has 2 aromatic carbocycles. The Kier molecular flexibility index (Phi) is 4.11. The molecule has 0 saturated heterocycles. The maximum atomic E-state index is 12.2. The first-order valence-corrected chi connectivity index (χ1v) is 8.09. The molecule has 0 unspecified atom stereocenters. The number of esters is 1. The minimum absolute atomic E-state index is 0.0830. The summed E-state index contributed by atoms with van der Waals surface area (Å²) < 4.78 is 15.9. The molecule has 0 bridgehead atoms. The van der Waals surface area contributed by atoms with Crippen LogP contribution in [0.25, 0.3) is 11.5 Å². The molecule has 2 heterocycles. The summed E-state index contributed by atoms with van der Waals surface area (Å²) in [5.41, 5.74) is 2.11. The molecule has 1 aromatic heterocycles. The minimum atomic E-state index is -0.446. The molecule has 1 aliphatic rings. The number of ether oxygens (including phenoxy) is 2. The van der Waals surface area contributed by atoms with Gasteiger partial charge in [-0.2, -0.15) is 4.98 Å². The van der Waals surface area contributed by atoms with Crippen LogP contribution in [0.4, 0.5) is 0 Å². The number of aromatic nitrogens is 2. The molecule has 1 aliphatic heterocycles. The van der Waals surface area contributed by atoms with Crippen LogP contribution in [0, 0.1) is 0 Å². The van der Waals surface area contributed by atoms with Crippen LogP contribution < -0.4 is 4.74 Å². The van der Waals surface area contributed by atoms with Crippen LogP contribution in [-0.4, -0.2) is 22.7 Å². The molecule has 0 saturated carbocycles. The molecule has 3 aromatic rings. The maximum absolute atomic E-state index is 12.2. The van der Waals surface area contributed by atoms with Crippen molar-refractivity contribution in [3.05, 3.63) is 64.4 Å². The van der Waals surface area contributed by atoms with E-state index in [1.165, 1.54) is 0 Å². The van der Waals surface area contributed by atoms with Crippen LogP contribution in [-0.2, 0) is 17.8 Å². The molecule has 0 amide bonds. The fraction of sp³-hybridized carbons (Fsp3) is 0.167. The predicted octanol–water partition coefficient (Wildman–Crippen LogP) is 3.68. The van der Waals surface area contributed by atoms with E-state index in [0.717, 1.165) is 17.7 Å². The number of hydrogen-bond acceptors (Lipinski definition) is 6. The van der Waals surface area contributed by atoms with Crippen LogP contribution in [0.5, 0.6) is 5.75 Å². The topological polar surface area (TPSA) is 74.5 Å². The Labute approximate surface area is 148 Å². The molecule has 0 radical (unpaired) electrons. The summed E-state index contributed by atoms with van der Waals surface area (Å²) in [6.07, 6.45) is 0.794. The highest BCUT2D eigenvalue weighted by molar-refractivity contribution is 6.33. The first-order valence-electron chi connectivity index (χ1n) is 7.71. The van der Waals surface area contributed by atoms with E-state index in [1.54, 1.807) is 30.3 Å². The van der Waals surface area contributed by atoms with Crippen molar-refractivity contribution < 1.29 is 18.8 Å². The van der Waals surface area contributed by atoms with Crippen molar-refractivity contribution in [2.45, 2.75) is 13.0 Å². The smallest absolute Gasteiger partial charge is 0.338 e. The quantitative estimate of drug-likeness (QED) is 0.664. The van der Waals surface area contributed by atoms with Crippen molar-refractivity contribution in [1.29, 1.82) is 0 Å². The molecule has 0 fully saturated rings. The van der Waals surface area contributed by atoms with Gasteiger partial charge in [0.05, 0.1) is 22.8 Å². The molecular weight excluding hydrogens is 344 g/mol. The first-order chi connectivity index (χ1) is 12.2. The number of benzene rings is 2. The summed E-state index contributed by atoms with van der Waals surface area (Å²) in [4.78, 5) is 16.4. The number of fused-ring (bicyclic) bond motifs is 1. The molecule has 0 spiro atoms. The lowest BCUT2D eigenvalue weighted by atomic mass is 10.1. The summed E-state index contributed by atoms with van der Waals surface area (Å²) in [6.45, 7) is 0.557. The molecule has 4 rings (SSSR count).